The Hall–Kier alpha value is -1.63. The van der Waals surface area contributed by atoms with Crippen molar-refractivity contribution in [3.05, 3.63) is 22.9 Å². The second kappa shape index (κ2) is 5.34. The van der Waals surface area contributed by atoms with E-state index in [2.05, 4.69) is 15.9 Å². The smallest absolute Gasteiger partial charge is 0.335 e. The van der Waals surface area contributed by atoms with Crippen molar-refractivity contribution in [2.75, 3.05) is 0 Å². The summed E-state index contributed by atoms with van der Waals surface area (Å²) in [5.41, 5.74) is 0. The van der Waals surface area contributed by atoms with Crippen molar-refractivity contribution in [1.82, 2.24) is 9.63 Å². The molecule has 0 saturated carbocycles. The molecule has 18 heavy (non-hydrogen) atoms. The van der Waals surface area contributed by atoms with E-state index in [1.165, 1.54) is 0 Å². The number of rotatable bonds is 4. The Morgan fingerprint density at radius 1 is 1.33 bits per heavy atom. The minimum Gasteiger partial charge on any atom is -0.353 e. The molecule has 96 valence electrons. The third-order valence-electron chi connectivity index (χ3n) is 2.49. The van der Waals surface area contributed by atoms with Crippen LogP contribution in [0.4, 0.5) is 0 Å². The van der Waals surface area contributed by atoms with E-state index >= 15 is 0 Å². The maximum absolute atomic E-state index is 11.5. The van der Waals surface area contributed by atoms with Crippen molar-refractivity contribution >= 4 is 33.7 Å². The largest absolute Gasteiger partial charge is 0.353 e. The van der Waals surface area contributed by atoms with Gasteiger partial charge >= 0.3 is 5.97 Å². The Bertz CT molecular complexity index is 481. The van der Waals surface area contributed by atoms with Gasteiger partial charge in [0.15, 0.2) is 0 Å². The summed E-state index contributed by atoms with van der Waals surface area (Å²) in [6.45, 7) is 0.431. The molecule has 0 aliphatic carbocycles. The second-order valence-electron chi connectivity index (χ2n) is 3.86. The van der Waals surface area contributed by atoms with Crippen LogP contribution in [0.1, 0.15) is 19.3 Å². The SMILES string of the molecule is O=C(CCn1ccc(Br)c1)ON1C(=O)CCC1=O. The molecule has 1 fully saturated rings. The summed E-state index contributed by atoms with van der Waals surface area (Å²) in [7, 11) is 0. The summed E-state index contributed by atoms with van der Waals surface area (Å²) in [5.74, 6) is -1.52. The third-order valence-corrected chi connectivity index (χ3v) is 2.96. The highest BCUT2D eigenvalue weighted by molar-refractivity contribution is 9.10. The number of amides is 2. The van der Waals surface area contributed by atoms with Crippen LogP contribution in [-0.2, 0) is 25.8 Å². The lowest BCUT2D eigenvalue weighted by Crippen LogP contribution is -2.32. The van der Waals surface area contributed by atoms with Crippen LogP contribution in [0.3, 0.4) is 0 Å². The average Bonchev–Trinajstić information content (AvgIpc) is 2.87. The van der Waals surface area contributed by atoms with E-state index in [4.69, 9.17) is 4.84 Å². The van der Waals surface area contributed by atoms with Crippen LogP contribution < -0.4 is 0 Å². The van der Waals surface area contributed by atoms with E-state index in [1.54, 1.807) is 4.57 Å². The van der Waals surface area contributed by atoms with Crippen molar-refractivity contribution in [2.45, 2.75) is 25.8 Å². The topological polar surface area (TPSA) is 68.6 Å². The molecule has 2 heterocycles. The molecule has 1 aliphatic heterocycles. The van der Waals surface area contributed by atoms with Gasteiger partial charge < -0.3 is 9.40 Å². The predicted octanol–water partition coefficient (Wildman–Crippen LogP) is 1.25. The molecular weight excluding hydrogens is 304 g/mol. The van der Waals surface area contributed by atoms with Gasteiger partial charge in [0, 0.05) is 36.3 Å². The molecule has 0 spiro atoms. The molecule has 0 unspecified atom stereocenters. The van der Waals surface area contributed by atoms with Crippen molar-refractivity contribution in [2.24, 2.45) is 0 Å². The van der Waals surface area contributed by atoms with Crippen LogP contribution in [0.5, 0.6) is 0 Å². The number of aromatic nitrogens is 1. The Morgan fingerprint density at radius 3 is 2.56 bits per heavy atom. The highest BCUT2D eigenvalue weighted by Gasteiger charge is 2.32. The quantitative estimate of drug-likeness (QED) is 0.784. The molecule has 0 radical (unpaired) electrons. The molecule has 0 aromatic carbocycles. The third kappa shape index (κ3) is 2.98. The number of hydroxylamine groups is 2. The number of imide groups is 1. The van der Waals surface area contributed by atoms with Gasteiger partial charge in [-0.25, -0.2) is 4.79 Å². The Kier molecular flexibility index (Phi) is 3.81. The first kappa shape index (κ1) is 12.8. The summed E-state index contributed by atoms with van der Waals surface area (Å²) in [5, 5.41) is 0.563. The molecule has 0 atom stereocenters. The predicted molar refractivity (Wildman–Crippen MR) is 63.9 cm³/mol. The second-order valence-corrected chi connectivity index (χ2v) is 4.78. The van der Waals surface area contributed by atoms with Gasteiger partial charge in [0.05, 0.1) is 6.42 Å². The van der Waals surface area contributed by atoms with E-state index in [-0.39, 0.29) is 19.3 Å². The van der Waals surface area contributed by atoms with Crippen molar-refractivity contribution in [3.63, 3.8) is 0 Å². The van der Waals surface area contributed by atoms with Crippen molar-refractivity contribution < 1.29 is 19.2 Å². The average molecular weight is 315 g/mol. The number of carbonyl (C=O) groups excluding carboxylic acids is 3. The molecular formula is C11H11BrN2O4. The summed E-state index contributed by atoms with van der Waals surface area (Å²) in [4.78, 5) is 38.6. The number of hydrogen-bond acceptors (Lipinski definition) is 4. The normalized spacial score (nSPS) is 15.3. The molecule has 0 bridgehead atoms. The molecule has 6 nitrogen and oxygen atoms in total. The molecule has 7 heteroatoms. The van der Waals surface area contributed by atoms with Gasteiger partial charge in [0.2, 0.25) is 0 Å². The first-order chi connectivity index (χ1) is 8.56. The van der Waals surface area contributed by atoms with Gasteiger partial charge in [-0.3, -0.25) is 9.59 Å². The monoisotopic (exact) mass is 314 g/mol. The minimum atomic E-state index is -0.594. The zero-order valence-corrected chi connectivity index (χ0v) is 11.1. The summed E-state index contributed by atoms with van der Waals surface area (Å²) in [6, 6.07) is 1.85. The lowest BCUT2D eigenvalue weighted by Gasteiger charge is -2.12. The molecule has 1 aromatic rings. The van der Waals surface area contributed by atoms with Crippen LogP contribution in [-0.4, -0.2) is 27.4 Å². The number of aryl methyl sites for hydroxylation is 1. The highest BCUT2D eigenvalue weighted by atomic mass is 79.9. The van der Waals surface area contributed by atoms with E-state index in [1.807, 2.05) is 18.5 Å². The lowest BCUT2D eigenvalue weighted by molar-refractivity contribution is -0.197. The Labute approximate surface area is 112 Å². The van der Waals surface area contributed by atoms with Gasteiger partial charge in [0.1, 0.15) is 0 Å². The summed E-state index contributed by atoms with van der Waals surface area (Å²) >= 11 is 3.29. The fourth-order valence-corrected chi connectivity index (χ4v) is 1.96. The van der Waals surface area contributed by atoms with E-state index in [9.17, 15) is 14.4 Å². The van der Waals surface area contributed by atoms with Crippen LogP contribution in [0.15, 0.2) is 22.9 Å². The number of halogens is 1. The van der Waals surface area contributed by atoms with E-state index < -0.39 is 17.8 Å². The van der Waals surface area contributed by atoms with Gasteiger partial charge in [-0.2, -0.15) is 0 Å². The molecule has 2 amide bonds. The Balaban J connectivity index is 1.82. The number of hydrogen-bond donors (Lipinski definition) is 0. The Morgan fingerprint density at radius 2 is 2.00 bits per heavy atom. The molecule has 0 N–H and O–H groups in total. The molecule has 1 saturated heterocycles. The fraction of sp³-hybridized carbons (Fsp3) is 0.364. The van der Waals surface area contributed by atoms with E-state index in [0.717, 1.165) is 4.47 Å². The van der Waals surface area contributed by atoms with Gasteiger partial charge in [-0.15, -0.1) is 5.06 Å². The summed E-state index contributed by atoms with van der Waals surface area (Å²) in [6.07, 6.45) is 3.94. The maximum Gasteiger partial charge on any atom is 0.335 e. The van der Waals surface area contributed by atoms with Gasteiger partial charge in [-0.1, -0.05) is 0 Å². The zero-order chi connectivity index (χ0) is 13.1. The van der Waals surface area contributed by atoms with Gasteiger partial charge in [-0.05, 0) is 22.0 Å². The molecule has 1 aromatic heterocycles. The standard InChI is InChI=1S/C11H11BrN2O4/c12-8-3-5-13(7-8)6-4-11(17)18-14-9(15)1-2-10(14)16/h3,5,7H,1-2,4,6H2. The minimum absolute atomic E-state index is 0.0954. The van der Waals surface area contributed by atoms with Crippen molar-refractivity contribution in [1.29, 1.82) is 0 Å². The maximum atomic E-state index is 11.5. The summed E-state index contributed by atoms with van der Waals surface area (Å²) < 4.78 is 2.72. The van der Waals surface area contributed by atoms with Crippen LogP contribution >= 0.6 is 15.9 Å². The van der Waals surface area contributed by atoms with E-state index in [0.29, 0.717) is 11.6 Å². The number of nitrogens with zero attached hydrogens (tertiary/aromatic N) is 2. The first-order valence-corrected chi connectivity index (χ1v) is 6.23. The van der Waals surface area contributed by atoms with Crippen LogP contribution in [0, 0.1) is 0 Å². The van der Waals surface area contributed by atoms with Crippen LogP contribution in [0.25, 0.3) is 0 Å². The van der Waals surface area contributed by atoms with Crippen molar-refractivity contribution in [3.8, 4) is 0 Å². The number of carbonyl (C=O) groups is 3. The lowest BCUT2D eigenvalue weighted by atomic mass is 10.4. The van der Waals surface area contributed by atoms with Gasteiger partial charge in [0.25, 0.3) is 11.8 Å². The van der Waals surface area contributed by atoms with Crippen LogP contribution in [0.2, 0.25) is 0 Å². The fourth-order valence-electron chi connectivity index (χ4n) is 1.58. The molecule has 2 rings (SSSR count). The first-order valence-electron chi connectivity index (χ1n) is 5.44. The highest BCUT2D eigenvalue weighted by Crippen LogP contribution is 2.13. The molecule has 1 aliphatic rings. The zero-order valence-electron chi connectivity index (χ0n) is 9.47.